The van der Waals surface area contributed by atoms with Gasteiger partial charge in [-0.1, -0.05) is 39.0 Å². The first-order chi connectivity index (χ1) is 14.8. The molecule has 2 aliphatic heterocycles. The molecule has 2 rings (SSSR count). The molecule has 2 fully saturated rings. The van der Waals surface area contributed by atoms with E-state index in [1.165, 1.54) is 6.42 Å². The normalized spacial score (nSPS) is 41.4. The molecule has 11 nitrogen and oxygen atoms in total. The number of hydrogen-bond acceptors (Lipinski definition) is 11. The molecule has 2 aliphatic rings. The smallest absolute Gasteiger partial charge is 0.186 e. The third-order valence-corrected chi connectivity index (χ3v) is 5.72. The second-order valence-electron chi connectivity index (χ2n) is 8.18. The van der Waals surface area contributed by atoms with Crippen LogP contribution in [0.1, 0.15) is 45.4 Å². The highest BCUT2D eigenvalue weighted by Crippen LogP contribution is 2.26. The second-order valence-corrected chi connectivity index (χ2v) is 8.18. The molecule has 0 radical (unpaired) electrons. The highest BCUT2D eigenvalue weighted by molar-refractivity contribution is 4.91. The summed E-state index contributed by atoms with van der Waals surface area (Å²) >= 11 is 0. The van der Waals surface area contributed by atoms with Crippen LogP contribution in [0.2, 0.25) is 0 Å². The summed E-state index contributed by atoms with van der Waals surface area (Å²) in [5.41, 5.74) is 0. The summed E-state index contributed by atoms with van der Waals surface area (Å²) in [4.78, 5) is 0. The Morgan fingerprint density at radius 3 is 1.74 bits per heavy atom. The highest BCUT2D eigenvalue weighted by atomic mass is 16.7. The molecule has 2 saturated heterocycles. The van der Waals surface area contributed by atoms with Crippen molar-refractivity contribution in [2.75, 3.05) is 19.8 Å². The van der Waals surface area contributed by atoms with Gasteiger partial charge in [0.05, 0.1) is 13.2 Å². The van der Waals surface area contributed by atoms with Crippen molar-refractivity contribution in [1.29, 1.82) is 0 Å². The van der Waals surface area contributed by atoms with Crippen molar-refractivity contribution in [3.8, 4) is 0 Å². The fraction of sp³-hybridized carbons (Fsp3) is 1.00. The highest BCUT2D eigenvalue weighted by Gasteiger charge is 2.47. The van der Waals surface area contributed by atoms with Gasteiger partial charge < -0.3 is 54.7 Å². The Balaban J connectivity index is 1.83. The lowest BCUT2D eigenvalue weighted by Gasteiger charge is -2.42. The van der Waals surface area contributed by atoms with Gasteiger partial charge in [0.15, 0.2) is 12.6 Å². The van der Waals surface area contributed by atoms with Crippen LogP contribution in [0.5, 0.6) is 0 Å². The minimum Gasteiger partial charge on any atom is -0.394 e. The number of hydrogen-bond donors (Lipinski definition) is 7. The number of aliphatic hydroxyl groups excluding tert-OH is 7. The fourth-order valence-corrected chi connectivity index (χ4v) is 3.67. The summed E-state index contributed by atoms with van der Waals surface area (Å²) in [5, 5.41) is 69.3. The molecule has 31 heavy (non-hydrogen) atoms. The first-order valence-corrected chi connectivity index (χ1v) is 11.0. The Hall–Kier alpha value is -0.440. The zero-order valence-corrected chi connectivity index (χ0v) is 17.9. The zero-order chi connectivity index (χ0) is 23.0. The topological polar surface area (TPSA) is 179 Å². The van der Waals surface area contributed by atoms with E-state index >= 15 is 0 Å². The quantitative estimate of drug-likeness (QED) is 0.162. The predicted octanol–water partition coefficient (Wildman–Crippen LogP) is -2.01. The van der Waals surface area contributed by atoms with E-state index in [9.17, 15) is 35.7 Å². The second kappa shape index (κ2) is 13.3. The maximum absolute atomic E-state index is 10.2. The molecular weight excluding hydrogens is 416 g/mol. The van der Waals surface area contributed by atoms with Gasteiger partial charge in [-0.05, 0) is 6.42 Å². The fourth-order valence-electron chi connectivity index (χ4n) is 3.67. The van der Waals surface area contributed by atoms with Gasteiger partial charge in [0.2, 0.25) is 0 Å². The van der Waals surface area contributed by atoms with E-state index < -0.39 is 68.0 Å². The standard InChI is InChI=1S/C20H38O11/c1-2-3-4-5-6-7-8-28-19-17(26)16(25)14(23)12(31-19)10-29-20-18(27)15(24)13(22)11(9-21)30-20/h11-27H,2-10H2,1H3/t11-,12-,13-,14+,15+,16+,17+,18-,19+,20+/m1/s1. The van der Waals surface area contributed by atoms with Crippen LogP contribution in [-0.2, 0) is 18.9 Å². The van der Waals surface area contributed by atoms with E-state index in [0.29, 0.717) is 6.61 Å². The lowest BCUT2D eigenvalue weighted by molar-refractivity contribution is -0.331. The molecule has 0 saturated carbocycles. The van der Waals surface area contributed by atoms with Gasteiger partial charge in [0.1, 0.15) is 48.8 Å². The molecule has 2 heterocycles. The van der Waals surface area contributed by atoms with Crippen molar-refractivity contribution >= 4 is 0 Å². The molecule has 0 unspecified atom stereocenters. The lowest BCUT2D eigenvalue weighted by Crippen LogP contribution is -2.61. The molecule has 7 N–H and O–H groups in total. The summed E-state index contributed by atoms with van der Waals surface area (Å²) in [6, 6.07) is 0. The van der Waals surface area contributed by atoms with E-state index in [1.54, 1.807) is 0 Å². The van der Waals surface area contributed by atoms with Crippen LogP contribution in [-0.4, -0.2) is 117 Å². The lowest BCUT2D eigenvalue weighted by atomic mass is 9.98. The van der Waals surface area contributed by atoms with Crippen LogP contribution in [0, 0.1) is 0 Å². The van der Waals surface area contributed by atoms with Crippen LogP contribution >= 0.6 is 0 Å². The van der Waals surface area contributed by atoms with Gasteiger partial charge in [-0.25, -0.2) is 0 Å². The van der Waals surface area contributed by atoms with Gasteiger partial charge in [0, 0.05) is 6.61 Å². The van der Waals surface area contributed by atoms with Crippen molar-refractivity contribution < 1.29 is 54.7 Å². The number of rotatable bonds is 12. The molecule has 0 aliphatic carbocycles. The SMILES string of the molecule is CCCCCCCCO[C@H]1O[C@H](CO[C@H]2O[C@H](CO)[C@@H](O)[C@H](O)[C@H]2O)[C@H](O)[C@H](O)[C@@H]1O. The van der Waals surface area contributed by atoms with Crippen molar-refractivity contribution in [3.63, 3.8) is 0 Å². The zero-order valence-electron chi connectivity index (χ0n) is 17.9. The molecule has 10 atom stereocenters. The van der Waals surface area contributed by atoms with Gasteiger partial charge in [-0.15, -0.1) is 0 Å². The Morgan fingerprint density at radius 1 is 0.613 bits per heavy atom. The van der Waals surface area contributed by atoms with Gasteiger partial charge in [-0.3, -0.25) is 0 Å². The molecule has 0 amide bonds. The third-order valence-electron chi connectivity index (χ3n) is 5.72. The van der Waals surface area contributed by atoms with E-state index in [1.807, 2.05) is 0 Å². The van der Waals surface area contributed by atoms with Crippen LogP contribution < -0.4 is 0 Å². The first kappa shape index (κ1) is 26.8. The summed E-state index contributed by atoms with van der Waals surface area (Å²) in [6.45, 7) is 1.48. The summed E-state index contributed by atoms with van der Waals surface area (Å²) in [5.74, 6) is 0. The average Bonchev–Trinajstić information content (AvgIpc) is 2.77. The minimum absolute atomic E-state index is 0.316. The van der Waals surface area contributed by atoms with E-state index in [-0.39, 0.29) is 6.61 Å². The monoisotopic (exact) mass is 454 g/mol. The van der Waals surface area contributed by atoms with Crippen LogP contribution in [0.4, 0.5) is 0 Å². The Bertz CT molecular complexity index is 494. The average molecular weight is 455 g/mol. The molecular formula is C20H38O11. The van der Waals surface area contributed by atoms with E-state index in [0.717, 1.165) is 32.1 Å². The van der Waals surface area contributed by atoms with Gasteiger partial charge in [-0.2, -0.15) is 0 Å². The van der Waals surface area contributed by atoms with Crippen molar-refractivity contribution in [1.82, 2.24) is 0 Å². The maximum atomic E-state index is 10.2. The minimum atomic E-state index is -1.60. The summed E-state index contributed by atoms with van der Waals surface area (Å²) < 4.78 is 21.7. The van der Waals surface area contributed by atoms with Crippen molar-refractivity contribution in [3.05, 3.63) is 0 Å². The molecule has 11 heteroatoms. The maximum Gasteiger partial charge on any atom is 0.186 e. The van der Waals surface area contributed by atoms with Crippen molar-refractivity contribution in [2.45, 2.75) is 107 Å². The van der Waals surface area contributed by atoms with E-state index in [2.05, 4.69) is 6.92 Å². The van der Waals surface area contributed by atoms with Crippen LogP contribution in [0.15, 0.2) is 0 Å². The molecule has 0 bridgehead atoms. The molecule has 0 aromatic rings. The first-order valence-electron chi connectivity index (χ1n) is 11.0. The summed E-state index contributed by atoms with van der Waals surface area (Å²) in [6.07, 6.45) is -7.70. The Kier molecular flexibility index (Phi) is 11.5. The number of unbranched alkanes of at least 4 members (excludes halogenated alkanes) is 5. The molecule has 0 aromatic carbocycles. The molecule has 184 valence electrons. The largest absolute Gasteiger partial charge is 0.394 e. The molecule has 0 spiro atoms. The van der Waals surface area contributed by atoms with Gasteiger partial charge in [0.25, 0.3) is 0 Å². The molecule has 0 aromatic heterocycles. The van der Waals surface area contributed by atoms with Crippen LogP contribution in [0.3, 0.4) is 0 Å². The Morgan fingerprint density at radius 2 is 1.13 bits per heavy atom. The number of aliphatic hydroxyl groups is 7. The summed E-state index contributed by atoms with van der Waals surface area (Å²) in [7, 11) is 0. The third kappa shape index (κ3) is 7.27. The Labute approximate surface area is 182 Å². The predicted molar refractivity (Wildman–Crippen MR) is 106 cm³/mol. The van der Waals surface area contributed by atoms with Crippen LogP contribution in [0.25, 0.3) is 0 Å². The van der Waals surface area contributed by atoms with E-state index in [4.69, 9.17) is 18.9 Å². The van der Waals surface area contributed by atoms with Crippen molar-refractivity contribution in [2.24, 2.45) is 0 Å². The van der Waals surface area contributed by atoms with Gasteiger partial charge >= 0.3 is 0 Å². The number of ether oxygens (including phenoxy) is 4.